The maximum atomic E-state index is 13.4. The van der Waals surface area contributed by atoms with E-state index < -0.39 is 0 Å². The van der Waals surface area contributed by atoms with Gasteiger partial charge in [-0.25, -0.2) is 0 Å². The Morgan fingerprint density at radius 2 is 2.03 bits per heavy atom. The van der Waals surface area contributed by atoms with E-state index in [1.54, 1.807) is 12.4 Å². The quantitative estimate of drug-likeness (QED) is 0.720. The zero-order valence-corrected chi connectivity index (χ0v) is 18.7. The fraction of sp³-hybridized carbons (Fsp3) is 0.708. The second-order valence-electron chi connectivity index (χ2n) is 9.61. The Balaban J connectivity index is 1.28. The summed E-state index contributed by atoms with van der Waals surface area (Å²) in [5.74, 6) is 0.719. The smallest absolute Gasteiger partial charge is 0.243 e. The first kappa shape index (κ1) is 21.8. The van der Waals surface area contributed by atoms with Crippen molar-refractivity contribution in [1.82, 2.24) is 20.1 Å². The van der Waals surface area contributed by atoms with E-state index in [4.69, 9.17) is 9.47 Å². The number of rotatable bonds is 6. The molecular formula is C24H34N4O4. The molecule has 1 N–H and O–H groups in total. The molecule has 8 heteroatoms. The van der Waals surface area contributed by atoms with Gasteiger partial charge >= 0.3 is 0 Å². The molecule has 5 heterocycles. The van der Waals surface area contributed by atoms with Gasteiger partial charge in [0.2, 0.25) is 11.8 Å². The molecule has 2 bridgehead atoms. The molecule has 8 nitrogen and oxygen atoms in total. The van der Waals surface area contributed by atoms with Crippen LogP contribution in [0.5, 0.6) is 0 Å². The Kier molecular flexibility index (Phi) is 6.71. The number of hydrogen-bond donors (Lipinski definition) is 1. The molecular weight excluding hydrogens is 408 g/mol. The van der Waals surface area contributed by atoms with Gasteiger partial charge in [-0.1, -0.05) is 6.07 Å². The first-order chi connectivity index (χ1) is 15.7. The molecule has 4 atom stereocenters. The van der Waals surface area contributed by atoms with Crippen LogP contribution in [0.1, 0.15) is 44.1 Å². The van der Waals surface area contributed by atoms with Crippen LogP contribution in [-0.2, 0) is 25.6 Å². The van der Waals surface area contributed by atoms with Crippen LogP contribution in [0.15, 0.2) is 24.5 Å². The lowest BCUT2D eigenvalue weighted by Gasteiger charge is -2.56. The highest BCUT2D eigenvalue weighted by molar-refractivity contribution is 5.89. The second kappa shape index (κ2) is 9.85. The van der Waals surface area contributed by atoms with Gasteiger partial charge in [0.05, 0.1) is 13.2 Å². The van der Waals surface area contributed by atoms with Crippen LogP contribution < -0.4 is 5.32 Å². The standard InChI is InChI=1S/C24H34N4O4/c29-21-6-1-5-20-18-12-19(16-27(15-18)9-7-22-31-10-3-11-32-22)23(28(20)21)24(30)26-14-17-4-2-8-25-13-17/h2,4,8,13,18-20,22-23H,1,3,5-7,9-12,14-16H2,(H,26,30)/t18-,19+,20-,23+/m0/s1. The number of hydrogen-bond acceptors (Lipinski definition) is 6. The Morgan fingerprint density at radius 3 is 2.84 bits per heavy atom. The second-order valence-corrected chi connectivity index (χ2v) is 9.61. The fourth-order valence-corrected chi connectivity index (χ4v) is 6.06. The summed E-state index contributed by atoms with van der Waals surface area (Å²) < 4.78 is 11.5. The summed E-state index contributed by atoms with van der Waals surface area (Å²) in [5.41, 5.74) is 0.966. The van der Waals surface area contributed by atoms with E-state index in [2.05, 4.69) is 15.2 Å². The molecule has 4 aliphatic heterocycles. The van der Waals surface area contributed by atoms with E-state index in [1.807, 2.05) is 17.0 Å². The molecule has 0 saturated carbocycles. The monoisotopic (exact) mass is 442 g/mol. The summed E-state index contributed by atoms with van der Waals surface area (Å²) in [5, 5.41) is 3.09. The zero-order valence-electron chi connectivity index (χ0n) is 18.7. The van der Waals surface area contributed by atoms with E-state index >= 15 is 0 Å². The van der Waals surface area contributed by atoms with Crippen LogP contribution in [0.2, 0.25) is 0 Å². The van der Waals surface area contributed by atoms with Crippen molar-refractivity contribution in [3.63, 3.8) is 0 Å². The van der Waals surface area contributed by atoms with Crippen molar-refractivity contribution in [2.45, 2.75) is 63.4 Å². The summed E-state index contributed by atoms with van der Waals surface area (Å²) in [6.07, 6.45) is 8.70. The zero-order chi connectivity index (χ0) is 21.9. The molecule has 0 aliphatic carbocycles. The van der Waals surface area contributed by atoms with Gasteiger partial charge in [0, 0.05) is 63.4 Å². The predicted octanol–water partition coefficient (Wildman–Crippen LogP) is 1.55. The highest BCUT2D eigenvalue weighted by Gasteiger charge is 2.51. The molecule has 1 aromatic heterocycles. The van der Waals surface area contributed by atoms with Crippen molar-refractivity contribution in [1.29, 1.82) is 0 Å². The third-order valence-electron chi connectivity index (χ3n) is 7.45. The van der Waals surface area contributed by atoms with E-state index in [1.165, 1.54) is 0 Å². The van der Waals surface area contributed by atoms with E-state index in [-0.39, 0.29) is 36.1 Å². The fourth-order valence-electron chi connectivity index (χ4n) is 6.06. The molecule has 0 radical (unpaired) electrons. The number of ether oxygens (including phenoxy) is 2. The Bertz CT molecular complexity index is 800. The number of pyridine rings is 1. The number of carbonyl (C=O) groups excluding carboxylic acids is 2. The van der Waals surface area contributed by atoms with Crippen molar-refractivity contribution in [2.75, 3.05) is 32.8 Å². The van der Waals surface area contributed by atoms with Crippen molar-refractivity contribution in [2.24, 2.45) is 11.8 Å². The minimum atomic E-state index is -0.384. The van der Waals surface area contributed by atoms with Crippen molar-refractivity contribution < 1.29 is 19.1 Å². The Hall–Kier alpha value is -2.03. The maximum Gasteiger partial charge on any atom is 0.243 e. The van der Waals surface area contributed by atoms with Gasteiger partial charge in [0.1, 0.15) is 6.04 Å². The summed E-state index contributed by atoms with van der Waals surface area (Å²) in [6, 6.07) is 3.62. The molecule has 0 aromatic carbocycles. The lowest BCUT2D eigenvalue weighted by atomic mass is 9.71. The minimum Gasteiger partial charge on any atom is -0.353 e. The molecule has 5 rings (SSSR count). The van der Waals surface area contributed by atoms with Gasteiger partial charge in [-0.2, -0.15) is 0 Å². The number of fused-ring (bicyclic) bond motifs is 4. The summed E-state index contributed by atoms with van der Waals surface area (Å²) >= 11 is 0. The van der Waals surface area contributed by atoms with Crippen molar-refractivity contribution in [3.05, 3.63) is 30.1 Å². The predicted molar refractivity (Wildman–Crippen MR) is 117 cm³/mol. The van der Waals surface area contributed by atoms with Crippen molar-refractivity contribution >= 4 is 11.8 Å². The van der Waals surface area contributed by atoms with Crippen LogP contribution in [0.3, 0.4) is 0 Å². The molecule has 0 spiro atoms. The molecule has 0 unspecified atom stereocenters. The third-order valence-corrected chi connectivity index (χ3v) is 7.45. The van der Waals surface area contributed by atoms with Gasteiger partial charge < -0.3 is 24.6 Å². The van der Waals surface area contributed by atoms with Crippen LogP contribution in [0, 0.1) is 11.8 Å². The summed E-state index contributed by atoms with van der Waals surface area (Å²) in [7, 11) is 0. The van der Waals surface area contributed by atoms with Gasteiger partial charge in [0.15, 0.2) is 6.29 Å². The van der Waals surface area contributed by atoms with Crippen LogP contribution in [-0.4, -0.2) is 77.8 Å². The lowest BCUT2D eigenvalue weighted by molar-refractivity contribution is -0.184. The number of carbonyl (C=O) groups is 2. The average molecular weight is 443 g/mol. The average Bonchev–Trinajstić information content (AvgIpc) is 2.83. The Morgan fingerprint density at radius 1 is 1.19 bits per heavy atom. The number of nitrogens with one attached hydrogen (secondary N) is 1. The highest BCUT2D eigenvalue weighted by atomic mass is 16.7. The number of likely N-dealkylation sites (tertiary alicyclic amines) is 1. The Labute approximate surface area is 189 Å². The molecule has 4 saturated heterocycles. The van der Waals surface area contributed by atoms with Crippen LogP contribution >= 0.6 is 0 Å². The minimum absolute atomic E-state index is 0.0293. The number of amides is 2. The topological polar surface area (TPSA) is 84.0 Å². The molecule has 32 heavy (non-hydrogen) atoms. The van der Waals surface area contributed by atoms with E-state index in [9.17, 15) is 9.59 Å². The summed E-state index contributed by atoms with van der Waals surface area (Å²) in [4.78, 5) is 34.9. The first-order valence-electron chi connectivity index (χ1n) is 12.1. The van der Waals surface area contributed by atoms with Crippen molar-refractivity contribution in [3.8, 4) is 0 Å². The van der Waals surface area contributed by atoms with Crippen LogP contribution in [0.25, 0.3) is 0 Å². The lowest BCUT2D eigenvalue weighted by Crippen LogP contribution is -2.68. The van der Waals surface area contributed by atoms with Gasteiger partial charge in [0.25, 0.3) is 0 Å². The SMILES string of the molecule is O=C(NCc1cccnc1)[C@H]1[C@@H]2C[C@@H](CN(CCC3OCCCO3)C2)[C@@H]2CCCC(=O)N21. The third kappa shape index (κ3) is 4.67. The number of nitrogens with zero attached hydrogens (tertiary/aromatic N) is 3. The molecule has 4 aliphatic rings. The van der Waals surface area contributed by atoms with E-state index in [0.717, 1.165) is 70.5 Å². The largest absolute Gasteiger partial charge is 0.353 e. The number of piperidine rings is 3. The van der Waals surface area contributed by atoms with Gasteiger partial charge in [-0.05, 0) is 43.2 Å². The number of aromatic nitrogens is 1. The molecule has 1 aromatic rings. The maximum absolute atomic E-state index is 13.4. The first-order valence-corrected chi connectivity index (χ1v) is 12.1. The highest BCUT2D eigenvalue weighted by Crippen LogP contribution is 2.41. The van der Waals surface area contributed by atoms with Gasteiger partial charge in [-0.15, -0.1) is 0 Å². The molecule has 4 fully saturated rings. The normalized spacial score (nSPS) is 31.2. The summed E-state index contributed by atoms with van der Waals surface area (Å²) in [6.45, 7) is 4.71. The molecule has 174 valence electrons. The van der Waals surface area contributed by atoms with E-state index in [0.29, 0.717) is 18.9 Å². The van der Waals surface area contributed by atoms with Crippen LogP contribution in [0.4, 0.5) is 0 Å². The van der Waals surface area contributed by atoms with Gasteiger partial charge in [-0.3, -0.25) is 14.6 Å². The molecule has 2 amide bonds.